The molecule has 27 heavy (non-hydrogen) atoms. The fourth-order valence-electron chi connectivity index (χ4n) is 4.07. The summed E-state index contributed by atoms with van der Waals surface area (Å²) in [6.07, 6.45) is 5.65. The number of guanidine groups is 1. The third kappa shape index (κ3) is 5.70. The lowest BCUT2D eigenvalue weighted by atomic mass is 10.1. The minimum absolute atomic E-state index is 0.252. The Kier molecular flexibility index (Phi) is 7.55. The van der Waals surface area contributed by atoms with Crippen molar-refractivity contribution in [2.75, 3.05) is 67.0 Å². The average Bonchev–Trinajstić information content (AvgIpc) is 3.22. The van der Waals surface area contributed by atoms with E-state index in [0.29, 0.717) is 6.04 Å². The van der Waals surface area contributed by atoms with Crippen molar-refractivity contribution in [1.29, 1.82) is 0 Å². The number of rotatable bonds is 6. The topological polar surface area (TPSA) is 59.3 Å². The van der Waals surface area contributed by atoms with Crippen LogP contribution in [-0.4, -0.2) is 93.7 Å². The van der Waals surface area contributed by atoms with E-state index in [1.165, 1.54) is 19.3 Å². The maximum atomic E-state index is 5.74. The Morgan fingerprint density at radius 2 is 2.00 bits per heavy atom. The third-order valence-corrected chi connectivity index (χ3v) is 5.87. The molecule has 7 nitrogen and oxygen atoms in total. The zero-order chi connectivity index (χ0) is 19.1. The molecule has 0 amide bonds. The van der Waals surface area contributed by atoms with Gasteiger partial charge in [-0.15, -0.1) is 0 Å². The molecule has 0 spiro atoms. The van der Waals surface area contributed by atoms with Crippen molar-refractivity contribution in [2.24, 2.45) is 4.99 Å². The van der Waals surface area contributed by atoms with E-state index in [0.717, 1.165) is 57.5 Å². The zero-order valence-corrected chi connectivity index (χ0v) is 17.2. The van der Waals surface area contributed by atoms with Gasteiger partial charge in [-0.25, -0.2) is 0 Å². The van der Waals surface area contributed by atoms with Gasteiger partial charge in [0.25, 0.3) is 0 Å². The van der Waals surface area contributed by atoms with Crippen LogP contribution in [0.5, 0.6) is 0 Å². The van der Waals surface area contributed by atoms with Gasteiger partial charge in [0, 0.05) is 45.8 Å². The second-order valence-electron chi connectivity index (χ2n) is 7.86. The number of likely N-dealkylation sites (tertiary alicyclic amines) is 1. The Labute approximate surface area is 163 Å². The first-order valence-electron chi connectivity index (χ1n) is 10.3. The van der Waals surface area contributed by atoms with Gasteiger partial charge in [0.2, 0.25) is 0 Å². The molecule has 2 N–H and O–H groups in total. The van der Waals surface area contributed by atoms with Crippen molar-refractivity contribution < 1.29 is 4.42 Å². The van der Waals surface area contributed by atoms with Crippen molar-refractivity contribution in [3.05, 3.63) is 24.2 Å². The van der Waals surface area contributed by atoms with E-state index in [1.54, 1.807) is 6.26 Å². The van der Waals surface area contributed by atoms with Crippen LogP contribution in [0.1, 0.15) is 31.1 Å². The van der Waals surface area contributed by atoms with E-state index in [2.05, 4.69) is 50.5 Å². The molecular formula is C20H36N6O. The molecule has 0 saturated carbocycles. The van der Waals surface area contributed by atoms with Gasteiger partial charge in [0.1, 0.15) is 5.76 Å². The van der Waals surface area contributed by atoms with Crippen LogP contribution in [0.15, 0.2) is 27.8 Å². The summed E-state index contributed by atoms with van der Waals surface area (Å²) >= 11 is 0. The van der Waals surface area contributed by atoms with E-state index >= 15 is 0 Å². The Balaban J connectivity index is 1.53. The van der Waals surface area contributed by atoms with Crippen LogP contribution >= 0.6 is 0 Å². The fourth-order valence-corrected chi connectivity index (χ4v) is 4.07. The lowest BCUT2D eigenvalue weighted by Crippen LogP contribution is -2.55. The number of nitrogens with zero attached hydrogens (tertiary/aromatic N) is 4. The summed E-state index contributed by atoms with van der Waals surface area (Å²) in [6.45, 7) is 7.31. The lowest BCUT2D eigenvalue weighted by Gasteiger charge is -2.38. The molecule has 0 aromatic carbocycles. The van der Waals surface area contributed by atoms with E-state index in [1.807, 2.05) is 13.1 Å². The third-order valence-electron chi connectivity index (χ3n) is 5.87. The molecule has 2 atom stereocenters. The predicted molar refractivity (Wildman–Crippen MR) is 110 cm³/mol. The van der Waals surface area contributed by atoms with E-state index in [-0.39, 0.29) is 6.04 Å². The van der Waals surface area contributed by atoms with Crippen LogP contribution in [0.25, 0.3) is 0 Å². The Morgan fingerprint density at radius 1 is 1.19 bits per heavy atom. The fraction of sp³-hybridized carbons (Fsp3) is 0.750. The molecule has 2 saturated heterocycles. The highest BCUT2D eigenvalue weighted by Gasteiger charge is 2.25. The Bertz CT molecular complexity index is 569. The van der Waals surface area contributed by atoms with Crippen molar-refractivity contribution in [3.63, 3.8) is 0 Å². The first-order chi connectivity index (χ1) is 13.2. The van der Waals surface area contributed by atoms with Gasteiger partial charge in [-0.3, -0.25) is 14.8 Å². The SMILES string of the molecule is CN=C(NCC1CN(C)CCN1C)NCC(c1ccco1)N1CCCCC1. The molecule has 152 valence electrons. The van der Waals surface area contributed by atoms with Gasteiger partial charge in [-0.2, -0.15) is 0 Å². The number of hydrogen-bond donors (Lipinski definition) is 2. The van der Waals surface area contributed by atoms with Gasteiger partial charge < -0.3 is 20.0 Å². The van der Waals surface area contributed by atoms with Crippen LogP contribution in [0, 0.1) is 0 Å². The van der Waals surface area contributed by atoms with Crippen molar-refractivity contribution in [1.82, 2.24) is 25.3 Å². The molecule has 7 heteroatoms. The van der Waals surface area contributed by atoms with Crippen molar-refractivity contribution >= 4 is 5.96 Å². The minimum Gasteiger partial charge on any atom is -0.468 e. The first-order valence-corrected chi connectivity index (χ1v) is 10.3. The first kappa shape index (κ1) is 20.2. The molecule has 2 aliphatic heterocycles. The number of piperidine rings is 1. The number of hydrogen-bond acceptors (Lipinski definition) is 5. The van der Waals surface area contributed by atoms with Gasteiger partial charge in [-0.05, 0) is 52.2 Å². The molecule has 2 aliphatic rings. The summed E-state index contributed by atoms with van der Waals surface area (Å²) in [4.78, 5) is 11.8. The molecule has 2 fully saturated rings. The highest BCUT2D eigenvalue weighted by atomic mass is 16.3. The molecule has 3 rings (SSSR count). The molecule has 0 bridgehead atoms. The Hall–Kier alpha value is -1.57. The van der Waals surface area contributed by atoms with Gasteiger partial charge in [0.15, 0.2) is 5.96 Å². The zero-order valence-electron chi connectivity index (χ0n) is 17.2. The highest BCUT2D eigenvalue weighted by Crippen LogP contribution is 2.24. The highest BCUT2D eigenvalue weighted by molar-refractivity contribution is 5.79. The molecule has 1 aromatic heterocycles. The van der Waals surface area contributed by atoms with Crippen LogP contribution in [0.2, 0.25) is 0 Å². The van der Waals surface area contributed by atoms with E-state index in [4.69, 9.17) is 4.42 Å². The number of furan rings is 1. The van der Waals surface area contributed by atoms with Crippen LogP contribution < -0.4 is 10.6 Å². The number of likely N-dealkylation sites (N-methyl/N-ethyl adjacent to an activating group) is 2. The average molecular weight is 377 g/mol. The van der Waals surface area contributed by atoms with Gasteiger partial charge >= 0.3 is 0 Å². The van der Waals surface area contributed by atoms with Crippen LogP contribution in [-0.2, 0) is 0 Å². The summed E-state index contributed by atoms with van der Waals surface area (Å²) in [5, 5.41) is 7.04. The van der Waals surface area contributed by atoms with Crippen LogP contribution in [0.3, 0.4) is 0 Å². The molecule has 2 unspecified atom stereocenters. The largest absolute Gasteiger partial charge is 0.468 e. The predicted octanol–water partition coefficient (Wildman–Crippen LogP) is 1.22. The quantitative estimate of drug-likeness (QED) is 0.575. The molecule has 1 aromatic rings. The van der Waals surface area contributed by atoms with Gasteiger partial charge in [0.05, 0.1) is 12.3 Å². The number of piperazine rings is 1. The smallest absolute Gasteiger partial charge is 0.191 e. The minimum atomic E-state index is 0.252. The summed E-state index contributed by atoms with van der Waals surface area (Å²) < 4.78 is 5.74. The van der Waals surface area contributed by atoms with Crippen molar-refractivity contribution in [3.8, 4) is 0 Å². The summed E-state index contributed by atoms with van der Waals surface area (Å²) in [5.41, 5.74) is 0. The second kappa shape index (κ2) is 10.1. The second-order valence-corrected chi connectivity index (χ2v) is 7.86. The van der Waals surface area contributed by atoms with Crippen LogP contribution in [0.4, 0.5) is 0 Å². The summed E-state index contributed by atoms with van der Waals surface area (Å²) in [6, 6.07) is 4.83. The van der Waals surface area contributed by atoms with Crippen molar-refractivity contribution in [2.45, 2.75) is 31.3 Å². The molecule has 0 aliphatic carbocycles. The number of aliphatic imine (C=N–C) groups is 1. The standard InChI is InChI=1S/C20H36N6O/c1-21-20(22-14-17-16-24(2)11-12-25(17)3)23-15-18(19-8-7-13-27-19)26-9-5-4-6-10-26/h7-8,13,17-18H,4-6,9-12,14-16H2,1-3H3,(H2,21,22,23). The maximum absolute atomic E-state index is 5.74. The molecule has 3 heterocycles. The molecular weight excluding hydrogens is 340 g/mol. The maximum Gasteiger partial charge on any atom is 0.191 e. The normalized spacial score (nSPS) is 24.7. The van der Waals surface area contributed by atoms with E-state index < -0.39 is 0 Å². The summed E-state index contributed by atoms with van der Waals surface area (Å²) in [7, 11) is 6.24. The summed E-state index contributed by atoms with van der Waals surface area (Å²) in [5.74, 6) is 1.90. The van der Waals surface area contributed by atoms with E-state index in [9.17, 15) is 0 Å². The van der Waals surface area contributed by atoms with Gasteiger partial charge in [-0.1, -0.05) is 6.42 Å². The monoisotopic (exact) mass is 376 g/mol. The number of nitrogens with one attached hydrogen (secondary N) is 2. The molecule has 0 radical (unpaired) electrons. The Morgan fingerprint density at radius 3 is 2.70 bits per heavy atom. The lowest BCUT2D eigenvalue weighted by molar-refractivity contribution is 0.116.